The van der Waals surface area contributed by atoms with Crippen LogP contribution >= 0.6 is 12.2 Å². The van der Waals surface area contributed by atoms with E-state index in [1.807, 2.05) is 19.9 Å². The molecule has 0 amide bonds. The summed E-state index contributed by atoms with van der Waals surface area (Å²) in [6.07, 6.45) is 1.38. The highest BCUT2D eigenvalue weighted by Crippen LogP contribution is 2.23. The average Bonchev–Trinajstić information content (AvgIpc) is 2.70. The Morgan fingerprint density at radius 1 is 1.58 bits per heavy atom. The van der Waals surface area contributed by atoms with Crippen LogP contribution in [0, 0.1) is 19.8 Å². The largest absolute Gasteiger partial charge is 0.389 e. The highest BCUT2D eigenvalue weighted by atomic mass is 32.1. The van der Waals surface area contributed by atoms with Gasteiger partial charge in [0.05, 0.1) is 11.7 Å². The molecule has 2 unspecified atom stereocenters. The Hall–Kier alpha value is -1.20. The molecule has 1 fully saturated rings. The summed E-state index contributed by atoms with van der Waals surface area (Å²) in [4.78, 5) is 4.91. The molecule has 0 bridgehead atoms. The van der Waals surface area contributed by atoms with E-state index in [9.17, 15) is 0 Å². The summed E-state index contributed by atoms with van der Waals surface area (Å²) < 4.78 is 5.57. The molecule has 1 aliphatic heterocycles. The third-order valence-corrected chi connectivity index (χ3v) is 3.86. The Kier molecular flexibility index (Phi) is 4.37. The standard InChI is InChI=1S/C14H21N3OS/c1-8-6-9(2)17-14(12(8)13(15)19)16-7-11-4-5-18-10(11)3/h6,10-11H,4-5,7H2,1-3H3,(H2,15,19)(H,16,17). The van der Waals surface area contributed by atoms with Gasteiger partial charge in [0.2, 0.25) is 0 Å². The summed E-state index contributed by atoms with van der Waals surface area (Å²) in [5.41, 5.74) is 8.69. The van der Waals surface area contributed by atoms with Crippen LogP contribution in [0.3, 0.4) is 0 Å². The lowest BCUT2D eigenvalue weighted by molar-refractivity contribution is 0.108. The normalized spacial score (nSPS) is 22.5. The number of nitrogens with one attached hydrogen (secondary N) is 1. The Morgan fingerprint density at radius 3 is 2.89 bits per heavy atom. The highest BCUT2D eigenvalue weighted by molar-refractivity contribution is 7.80. The van der Waals surface area contributed by atoms with E-state index >= 15 is 0 Å². The van der Waals surface area contributed by atoms with E-state index in [0.29, 0.717) is 17.0 Å². The van der Waals surface area contributed by atoms with Gasteiger partial charge in [0.15, 0.2) is 0 Å². The van der Waals surface area contributed by atoms with E-state index in [2.05, 4.69) is 17.2 Å². The molecule has 2 rings (SSSR count). The predicted molar refractivity (Wildman–Crippen MR) is 81.6 cm³/mol. The van der Waals surface area contributed by atoms with Gasteiger partial charge < -0.3 is 15.8 Å². The second-order valence-corrected chi connectivity index (χ2v) is 5.61. The minimum absolute atomic E-state index is 0.298. The van der Waals surface area contributed by atoms with Gasteiger partial charge >= 0.3 is 0 Å². The van der Waals surface area contributed by atoms with Crippen molar-refractivity contribution in [2.75, 3.05) is 18.5 Å². The Labute approximate surface area is 119 Å². The molecule has 19 heavy (non-hydrogen) atoms. The molecule has 2 atom stereocenters. The Balaban J connectivity index is 2.17. The number of nitrogens with two attached hydrogens (primary N) is 1. The van der Waals surface area contributed by atoms with E-state index in [-0.39, 0.29) is 0 Å². The van der Waals surface area contributed by atoms with Gasteiger partial charge in [-0.05, 0) is 38.8 Å². The maximum absolute atomic E-state index is 5.80. The third kappa shape index (κ3) is 3.22. The zero-order chi connectivity index (χ0) is 14.0. The number of thiocarbonyl (C=S) groups is 1. The monoisotopic (exact) mass is 279 g/mol. The second kappa shape index (κ2) is 5.84. The van der Waals surface area contributed by atoms with Gasteiger partial charge in [-0.25, -0.2) is 4.98 Å². The molecular weight excluding hydrogens is 258 g/mol. The van der Waals surface area contributed by atoms with Crippen LogP contribution in [-0.2, 0) is 4.74 Å². The second-order valence-electron chi connectivity index (χ2n) is 5.17. The quantitative estimate of drug-likeness (QED) is 0.827. The van der Waals surface area contributed by atoms with Crippen molar-refractivity contribution in [2.24, 2.45) is 11.7 Å². The first-order valence-electron chi connectivity index (χ1n) is 6.62. The minimum Gasteiger partial charge on any atom is -0.389 e. The van der Waals surface area contributed by atoms with Crippen molar-refractivity contribution in [3.8, 4) is 0 Å². The molecule has 0 saturated carbocycles. The zero-order valence-corrected chi connectivity index (χ0v) is 12.5. The maximum atomic E-state index is 5.80. The first-order valence-corrected chi connectivity index (χ1v) is 7.03. The molecule has 2 heterocycles. The average molecular weight is 279 g/mol. The van der Waals surface area contributed by atoms with Crippen LogP contribution in [0.4, 0.5) is 5.82 Å². The smallest absolute Gasteiger partial charge is 0.136 e. The molecule has 0 spiro atoms. The van der Waals surface area contributed by atoms with E-state index in [0.717, 1.165) is 42.2 Å². The Morgan fingerprint density at radius 2 is 2.32 bits per heavy atom. The van der Waals surface area contributed by atoms with Gasteiger partial charge in [-0.3, -0.25) is 0 Å². The number of hydrogen-bond acceptors (Lipinski definition) is 4. The van der Waals surface area contributed by atoms with E-state index < -0.39 is 0 Å². The highest BCUT2D eigenvalue weighted by Gasteiger charge is 2.24. The molecule has 1 saturated heterocycles. The lowest BCUT2D eigenvalue weighted by Crippen LogP contribution is -2.23. The van der Waals surface area contributed by atoms with Gasteiger partial charge in [-0.2, -0.15) is 0 Å². The van der Waals surface area contributed by atoms with Crippen LogP contribution < -0.4 is 11.1 Å². The van der Waals surface area contributed by atoms with Crippen molar-refractivity contribution in [1.29, 1.82) is 0 Å². The number of nitrogens with zero attached hydrogens (tertiary/aromatic N) is 1. The summed E-state index contributed by atoms with van der Waals surface area (Å²) in [6.45, 7) is 7.78. The van der Waals surface area contributed by atoms with E-state index in [1.54, 1.807) is 0 Å². The number of anilines is 1. The summed E-state index contributed by atoms with van der Waals surface area (Å²) in [6, 6.07) is 2.00. The van der Waals surface area contributed by atoms with Gasteiger partial charge in [-0.15, -0.1) is 0 Å². The van der Waals surface area contributed by atoms with Crippen LogP contribution in [0.5, 0.6) is 0 Å². The number of aryl methyl sites for hydroxylation is 2. The van der Waals surface area contributed by atoms with Crippen molar-refractivity contribution in [3.63, 3.8) is 0 Å². The fourth-order valence-corrected chi connectivity index (χ4v) is 2.81. The molecule has 0 aliphatic carbocycles. The topological polar surface area (TPSA) is 60.2 Å². The SMILES string of the molecule is Cc1cc(C)c(C(N)=S)c(NCC2CCOC2C)n1. The van der Waals surface area contributed by atoms with Crippen LogP contribution in [0.25, 0.3) is 0 Å². The van der Waals surface area contributed by atoms with Crippen LogP contribution in [0.1, 0.15) is 30.2 Å². The number of ether oxygens (including phenoxy) is 1. The van der Waals surface area contributed by atoms with Crippen molar-refractivity contribution in [2.45, 2.75) is 33.3 Å². The number of hydrogen-bond donors (Lipinski definition) is 2. The first kappa shape index (κ1) is 14.2. The van der Waals surface area contributed by atoms with Crippen molar-refractivity contribution in [1.82, 2.24) is 4.98 Å². The number of aromatic nitrogens is 1. The van der Waals surface area contributed by atoms with Crippen LogP contribution in [0.15, 0.2) is 6.07 Å². The fraction of sp³-hybridized carbons (Fsp3) is 0.571. The lowest BCUT2D eigenvalue weighted by Gasteiger charge is -2.18. The molecule has 3 N–H and O–H groups in total. The van der Waals surface area contributed by atoms with Crippen LogP contribution in [-0.4, -0.2) is 29.2 Å². The molecular formula is C14H21N3OS. The number of pyridine rings is 1. The van der Waals surface area contributed by atoms with E-state index in [1.165, 1.54) is 0 Å². The molecule has 1 aromatic heterocycles. The predicted octanol–water partition coefficient (Wildman–Crippen LogP) is 2.17. The van der Waals surface area contributed by atoms with Crippen molar-refractivity contribution in [3.05, 3.63) is 22.9 Å². The van der Waals surface area contributed by atoms with Gasteiger partial charge in [0.1, 0.15) is 10.8 Å². The minimum atomic E-state index is 0.298. The first-order chi connectivity index (χ1) is 8.99. The van der Waals surface area contributed by atoms with Crippen molar-refractivity contribution >= 4 is 23.0 Å². The molecule has 1 aliphatic rings. The Bertz CT molecular complexity index is 490. The summed E-state index contributed by atoms with van der Waals surface area (Å²) in [5.74, 6) is 1.31. The van der Waals surface area contributed by atoms with Crippen molar-refractivity contribution < 1.29 is 4.74 Å². The third-order valence-electron chi connectivity index (χ3n) is 3.66. The van der Waals surface area contributed by atoms with Gasteiger partial charge in [0.25, 0.3) is 0 Å². The summed E-state index contributed by atoms with van der Waals surface area (Å²) in [5, 5.41) is 3.39. The molecule has 5 heteroatoms. The summed E-state index contributed by atoms with van der Waals surface area (Å²) in [7, 11) is 0. The zero-order valence-electron chi connectivity index (χ0n) is 11.7. The van der Waals surface area contributed by atoms with Gasteiger partial charge in [0, 0.05) is 24.8 Å². The number of rotatable bonds is 4. The van der Waals surface area contributed by atoms with Crippen LogP contribution in [0.2, 0.25) is 0 Å². The summed E-state index contributed by atoms with van der Waals surface area (Å²) >= 11 is 5.13. The van der Waals surface area contributed by atoms with Gasteiger partial charge in [-0.1, -0.05) is 12.2 Å². The van der Waals surface area contributed by atoms with E-state index in [4.69, 9.17) is 22.7 Å². The molecule has 4 nitrogen and oxygen atoms in total. The lowest BCUT2D eigenvalue weighted by atomic mass is 10.0. The molecule has 0 aromatic carbocycles. The molecule has 1 aromatic rings. The molecule has 0 radical (unpaired) electrons. The molecule has 104 valence electrons. The fourth-order valence-electron chi connectivity index (χ4n) is 2.55. The maximum Gasteiger partial charge on any atom is 0.136 e.